The molecule has 0 amide bonds. The Balaban J connectivity index is 0. The summed E-state index contributed by atoms with van der Waals surface area (Å²) in [6, 6.07) is 0. The third kappa shape index (κ3) is 13.5. The Morgan fingerprint density at radius 1 is 0.739 bits per heavy atom. The maximum Gasteiger partial charge on any atom is 0.236 e. The van der Waals surface area contributed by atoms with Gasteiger partial charge in [0.2, 0.25) is 11.6 Å². The number of hydrogen-bond acceptors (Lipinski definition) is 6. The molecule has 46 heavy (non-hydrogen) atoms. The molecule has 0 radical (unpaired) electrons. The van der Waals surface area contributed by atoms with Crippen molar-refractivity contribution in [3.63, 3.8) is 0 Å². The van der Waals surface area contributed by atoms with Gasteiger partial charge in [-0.3, -0.25) is 14.4 Å². The second-order valence-electron chi connectivity index (χ2n) is 10.0. The Morgan fingerprint density at radius 3 is 1.54 bits per heavy atom. The third-order valence-electron chi connectivity index (χ3n) is 7.22. The first-order valence-electron chi connectivity index (χ1n) is 15.0. The van der Waals surface area contributed by atoms with Gasteiger partial charge < -0.3 is 14.2 Å². The summed E-state index contributed by atoms with van der Waals surface area (Å²) in [5.74, 6) is 0.785. The van der Waals surface area contributed by atoms with Crippen molar-refractivity contribution >= 4 is 17.3 Å². The van der Waals surface area contributed by atoms with Crippen LogP contribution >= 0.6 is 0 Å². The predicted molar refractivity (Wildman–Crippen MR) is 193 cm³/mol. The highest BCUT2D eigenvalue weighted by Crippen LogP contribution is 2.29. The van der Waals surface area contributed by atoms with E-state index in [4.69, 9.17) is 14.2 Å². The minimum atomic E-state index is -0.556. The lowest BCUT2D eigenvalue weighted by atomic mass is 9.88. The van der Waals surface area contributed by atoms with Gasteiger partial charge in [-0.25, -0.2) is 0 Å². The number of ketones is 3. The van der Waals surface area contributed by atoms with E-state index >= 15 is 0 Å². The van der Waals surface area contributed by atoms with Crippen LogP contribution < -0.4 is 0 Å². The van der Waals surface area contributed by atoms with E-state index < -0.39 is 11.6 Å². The van der Waals surface area contributed by atoms with Crippen molar-refractivity contribution in [3.8, 4) is 0 Å². The van der Waals surface area contributed by atoms with Crippen LogP contribution in [0.15, 0.2) is 143 Å². The molecule has 0 saturated heterocycles. The maximum absolute atomic E-state index is 10.9. The van der Waals surface area contributed by atoms with Crippen LogP contribution in [0, 0.1) is 0 Å². The lowest BCUT2D eigenvalue weighted by Gasteiger charge is -2.19. The lowest BCUT2D eigenvalue weighted by Crippen LogP contribution is -2.20. The molecule has 0 atom stereocenters. The number of carbonyl (C=O) groups excluding carboxylic acids is 3. The Morgan fingerprint density at radius 2 is 1.26 bits per heavy atom. The number of ether oxygens (including phenoxy) is 3. The number of carbonyl (C=O) groups is 3. The van der Waals surface area contributed by atoms with E-state index in [1.165, 1.54) is 55.8 Å². The first-order chi connectivity index (χ1) is 21.7. The van der Waals surface area contributed by atoms with Crippen LogP contribution in [0.2, 0.25) is 0 Å². The van der Waals surface area contributed by atoms with Crippen LogP contribution in [-0.4, -0.2) is 38.7 Å². The van der Waals surface area contributed by atoms with Gasteiger partial charge in [0.1, 0.15) is 17.3 Å². The summed E-state index contributed by atoms with van der Waals surface area (Å²) in [4.78, 5) is 32.5. The molecular weight excluding hydrogens is 576 g/mol. The summed E-state index contributed by atoms with van der Waals surface area (Å²) in [6.07, 6.45) is 19.1. The summed E-state index contributed by atoms with van der Waals surface area (Å²) in [7, 11) is 4.59. The van der Waals surface area contributed by atoms with Crippen molar-refractivity contribution in [1.29, 1.82) is 0 Å². The van der Waals surface area contributed by atoms with Crippen LogP contribution in [0.4, 0.5) is 0 Å². The minimum Gasteiger partial charge on any atom is -0.497 e. The van der Waals surface area contributed by atoms with Crippen LogP contribution in [0.1, 0.15) is 67.7 Å². The highest BCUT2D eigenvalue weighted by Gasteiger charge is 2.33. The molecule has 0 bridgehead atoms. The van der Waals surface area contributed by atoms with Crippen LogP contribution in [-0.2, 0) is 28.6 Å². The second-order valence-corrected chi connectivity index (χ2v) is 10.0. The predicted octanol–water partition coefficient (Wildman–Crippen LogP) is 9.70. The Bertz CT molecular complexity index is 1400. The monoisotopic (exact) mass is 630 g/mol. The van der Waals surface area contributed by atoms with Gasteiger partial charge in [0.25, 0.3) is 0 Å². The van der Waals surface area contributed by atoms with E-state index in [0.717, 1.165) is 5.76 Å². The molecule has 0 fully saturated rings. The standard InChI is InChI=1S/C11H16.C8H8O3.C8H12O.C7H8O2.C6H10/c1-4-10-7-6-8-11(5-2)9(10)3;1-4-6(9)7(10)5(2)8(4)11-3;1-4-6-7-8(5-2)9-3;1-4-6(8)5(2)7(4)9-3;1-4-6(3)5-2/h4-5H,1,6-8H2,2-3H3;1H2,2-3H3;4-7H,1H2,2-3H3;1H2,2-3H3;4-5H,1H2,2-3H3/b;;7-6+,8-5+;;. The molecular formula is C40H54O6. The number of methoxy groups -OCH3 is 3. The van der Waals surface area contributed by atoms with E-state index in [2.05, 4.69) is 52.8 Å². The third-order valence-corrected chi connectivity index (χ3v) is 7.22. The van der Waals surface area contributed by atoms with Gasteiger partial charge in [-0.15, -0.1) is 0 Å². The van der Waals surface area contributed by atoms with Gasteiger partial charge in [0.05, 0.1) is 32.5 Å². The van der Waals surface area contributed by atoms with Gasteiger partial charge in [-0.05, 0) is 96.6 Å². The zero-order valence-electron chi connectivity index (χ0n) is 29.7. The SMILES string of the molecule is C=C/C=C/C(=C\C)OC.C=C1C(=O)C(=O)C(C)=C1OC.C=C1C(=O)C(C)=C1OC.C=CC(C)=CC.C=CC1=C(C)C(=CC)CCC1. The van der Waals surface area contributed by atoms with Gasteiger partial charge in [0, 0.05) is 11.1 Å². The quantitative estimate of drug-likeness (QED) is 0.121. The fraction of sp³-hybridized carbons (Fsp3) is 0.325. The lowest BCUT2D eigenvalue weighted by molar-refractivity contribution is -0.131. The van der Waals surface area contributed by atoms with E-state index in [-0.39, 0.29) is 11.4 Å². The molecule has 3 rings (SSSR count). The fourth-order valence-electron chi connectivity index (χ4n) is 4.12. The topological polar surface area (TPSA) is 78.9 Å². The smallest absolute Gasteiger partial charge is 0.236 e. The van der Waals surface area contributed by atoms with Gasteiger partial charge in [0.15, 0.2) is 5.78 Å². The summed E-state index contributed by atoms with van der Waals surface area (Å²) >= 11 is 0. The van der Waals surface area contributed by atoms with Gasteiger partial charge in [-0.1, -0.05) is 74.9 Å². The highest BCUT2D eigenvalue weighted by molar-refractivity contribution is 6.52. The molecule has 3 aliphatic carbocycles. The largest absolute Gasteiger partial charge is 0.497 e. The minimum absolute atomic E-state index is 0.0202. The molecule has 0 heterocycles. The van der Waals surface area contributed by atoms with Crippen molar-refractivity contribution in [3.05, 3.63) is 143 Å². The summed E-state index contributed by atoms with van der Waals surface area (Å²) in [6.45, 7) is 31.4. The van der Waals surface area contributed by atoms with Crippen molar-refractivity contribution in [2.24, 2.45) is 0 Å². The summed E-state index contributed by atoms with van der Waals surface area (Å²) < 4.78 is 14.6. The molecule has 0 aromatic heterocycles. The maximum atomic E-state index is 10.9. The normalized spacial score (nSPS) is 17.1. The number of hydrogen-bond donors (Lipinski definition) is 0. The number of allylic oxidation sites excluding steroid dienone is 16. The molecule has 0 unspecified atom stereocenters. The zero-order chi connectivity index (χ0) is 36.0. The number of Topliss-reactive ketones (excluding diaryl/α,β-unsaturated/α-hetero) is 3. The van der Waals surface area contributed by atoms with E-state index in [9.17, 15) is 14.4 Å². The fourth-order valence-corrected chi connectivity index (χ4v) is 4.12. The average Bonchev–Trinajstić information content (AvgIpc) is 3.27. The van der Waals surface area contributed by atoms with Crippen molar-refractivity contribution in [2.75, 3.05) is 21.3 Å². The molecule has 0 aliphatic heterocycles. The molecule has 6 nitrogen and oxygen atoms in total. The molecule has 0 aromatic carbocycles. The summed E-state index contributed by atoms with van der Waals surface area (Å²) in [5.41, 5.74) is 7.31. The van der Waals surface area contributed by atoms with E-state index in [1.54, 1.807) is 27.0 Å². The van der Waals surface area contributed by atoms with Crippen molar-refractivity contribution in [2.45, 2.75) is 67.7 Å². The molecule has 3 aliphatic rings. The Kier molecular flexibility index (Phi) is 22.3. The van der Waals surface area contributed by atoms with Crippen molar-refractivity contribution in [1.82, 2.24) is 0 Å². The molecule has 250 valence electrons. The van der Waals surface area contributed by atoms with Gasteiger partial charge >= 0.3 is 0 Å². The number of rotatable bonds is 7. The molecule has 0 aromatic rings. The van der Waals surface area contributed by atoms with Crippen molar-refractivity contribution < 1.29 is 28.6 Å². The molecule has 0 saturated carbocycles. The molecule has 0 spiro atoms. The molecule has 6 heteroatoms. The van der Waals surface area contributed by atoms with Crippen LogP contribution in [0.25, 0.3) is 0 Å². The first kappa shape index (κ1) is 43.4. The molecule has 0 N–H and O–H groups in total. The summed E-state index contributed by atoms with van der Waals surface area (Å²) in [5, 5.41) is 0. The Labute approximate surface area is 278 Å². The highest BCUT2D eigenvalue weighted by atomic mass is 16.5. The van der Waals surface area contributed by atoms with Crippen LogP contribution in [0.5, 0.6) is 0 Å². The van der Waals surface area contributed by atoms with Crippen LogP contribution in [0.3, 0.4) is 0 Å². The Hall–Kier alpha value is -4.71. The second kappa shape index (κ2) is 23.6. The van der Waals surface area contributed by atoms with Gasteiger partial charge in [-0.2, -0.15) is 0 Å². The average molecular weight is 631 g/mol. The zero-order valence-corrected chi connectivity index (χ0v) is 29.7. The van der Waals surface area contributed by atoms with E-state index in [1.807, 2.05) is 57.2 Å². The first-order valence-corrected chi connectivity index (χ1v) is 15.0. The van der Waals surface area contributed by atoms with E-state index in [0.29, 0.717) is 28.2 Å².